The number of nitrogens with one attached hydrogen (secondary N) is 1. The van der Waals surface area contributed by atoms with Crippen LogP contribution >= 0.6 is 0 Å². The molecular formula is C41H42N10O16S5. The van der Waals surface area contributed by atoms with Gasteiger partial charge in [0.05, 0.1) is 68.8 Å². The highest BCUT2D eigenvalue weighted by atomic mass is 32.3. The Bertz CT molecular complexity index is 3730. The molecule has 72 heavy (non-hydrogen) atoms. The lowest BCUT2D eigenvalue weighted by atomic mass is 10.1. The minimum Gasteiger partial charge on any atom is -0.505 e. The lowest BCUT2D eigenvalue weighted by Crippen LogP contribution is -2.22. The molecule has 0 radical (unpaired) electrons. The Morgan fingerprint density at radius 2 is 1.11 bits per heavy atom. The Morgan fingerprint density at radius 1 is 0.625 bits per heavy atom. The molecule has 0 aliphatic heterocycles. The van der Waals surface area contributed by atoms with E-state index in [-0.39, 0.29) is 26.9 Å². The molecule has 0 aliphatic rings. The van der Waals surface area contributed by atoms with Gasteiger partial charge in [-0.3, -0.25) is 18.4 Å². The Labute approximate surface area is 412 Å². The molecule has 382 valence electrons. The number of methoxy groups -OCH3 is 1. The average Bonchev–Trinajstić information content (AvgIpc) is 3.30. The average molecular weight is 1090 g/mol. The molecular weight excluding hydrogens is 1050 g/mol. The fraction of sp³-hybridized carbons (Fsp3) is 0.171. The number of fused-ring (bicyclic) bond motifs is 1. The van der Waals surface area contributed by atoms with Gasteiger partial charge in [0.25, 0.3) is 30.3 Å². The zero-order chi connectivity index (χ0) is 53.0. The largest absolute Gasteiger partial charge is 0.505 e. The van der Waals surface area contributed by atoms with Crippen molar-refractivity contribution in [2.24, 2.45) is 30.7 Å². The van der Waals surface area contributed by atoms with Gasteiger partial charge in [-0.2, -0.15) is 40.6 Å². The van der Waals surface area contributed by atoms with Crippen LogP contribution in [0.5, 0.6) is 11.5 Å². The van der Waals surface area contributed by atoms with Gasteiger partial charge in [-0.25, -0.2) is 21.0 Å². The van der Waals surface area contributed by atoms with Gasteiger partial charge in [0.2, 0.25) is 0 Å². The molecule has 6 rings (SSSR count). The van der Waals surface area contributed by atoms with Crippen LogP contribution < -0.4 is 25.8 Å². The number of azo groups is 3. The van der Waals surface area contributed by atoms with Gasteiger partial charge in [0.15, 0.2) is 15.6 Å². The maximum atomic E-state index is 13.3. The second-order valence-corrected chi connectivity index (χ2v) is 22.5. The number of nitrogens with two attached hydrogens (primary N) is 2. The van der Waals surface area contributed by atoms with Gasteiger partial charge in [-0.15, -0.1) is 15.3 Å². The molecule has 0 aromatic heterocycles. The van der Waals surface area contributed by atoms with Crippen LogP contribution in [0, 0.1) is 0 Å². The SMILES string of the molecule is CCN(CC)c1cc(N)c(N=Nc2ccc(NS(=O)(=O)c3ccc(N=Nc4c(S(=O)(=O)O)cc5cc(S(=O)(=O)O)c(N=Nc6ccc(S(=O)(=O)CCOS(=O)(=O)O)cc6)c(O)c5c4N)cc3)cc2)cc1OC. The third-order valence-corrected chi connectivity index (χ3v) is 15.4. The molecule has 0 saturated carbocycles. The monoisotopic (exact) mass is 1090 g/mol. The molecule has 0 bridgehead atoms. The van der Waals surface area contributed by atoms with E-state index in [4.69, 9.17) is 20.8 Å². The molecule has 31 heteroatoms. The fourth-order valence-electron chi connectivity index (χ4n) is 6.66. The van der Waals surface area contributed by atoms with Crippen LogP contribution in [-0.2, 0) is 54.7 Å². The van der Waals surface area contributed by atoms with Gasteiger partial charge < -0.3 is 26.2 Å². The van der Waals surface area contributed by atoms with Crippen molar-refractivity contribution in [2.45, 2.75) is 33.4 Å². The Hall–Kier alpha value is -7.23. The van der Waals surface area contributed by atoms with Crippen LogP contribution in [-0.4, -0.2) is 93.4 Å². The van der Waals surface area contributed by atoms with E-state index in [1.54, 1.807) is 12.1 Å². The van der Waals surface area contributed by atoms with Gasteiger partial charge in [-0.1, -0.05) is 0 Å². The van der Waals surface area contributed by atoms with Crippen LogP contribution in [0.1, 0.15) is 13.8 Å². The fourth-order valence-corrected chi connectivity index (χ4v) is 10.5. The topological polar surface area (TPSA) is 412 Å². The third-order valence-electron chi connectivity index (χ3n) is 10.2. The molecule has 26 nitrogen and oxygen atoms in total. The van der Waals surface area contributed by atoms with Crippen molar-refractivity contribution in [1.29, 1.82) is 0 Å². The van der Waals surface area contributed by atoms with Crippen molar-refractivity contribution in [3.05, 3.63) is 97.1 Å². The van der Waals surface area contributed by atoms with Crippen LogP contribution in [0.15, 0.2) is 147 Å². The number of phenolic OH excluding ortho intramolecular Hbond substituents is 1. The minimum atomic E-state index is -5.29. The number of aromatic hydroxyl groups is 1. The smallest absolute Gasteiger partial charge is 0.397 e. The number of ether oxygens (including phenoxy) is 1. The molecule has 0 aliphatic carbocycles. The van der Waals surface area contributed by atoms with E-state index >= 15 is 0 Å². The summed E-state index contributed by atoms with van der Waals surface area (Å²) in [5, 5.41) is 34.1. The van der Waals surface area contributed by atoms with Crippen LogP contribution in [0.2, 0.25) is 0 Å². The summed E-state index contributed by atoms with van der Waals surface area (Å²) in [6.07, 6.45) is 0. The zero-order valence-electron chi connectivity index (χ0n) is 37.6. The molecule has 0 amide bonds. The molecule has 6 aromatic rings. The summed E-state index contributed by atoms with van der Waals surface area (Å²) in [5.74, 6) is -1.39. The van der Waals surface area contributed by atoms with Crippen LogP contribution in [0.25, 0.3) is 10.8 Å². The van der Waals surface area contributed by atoms with Crippen molar-refractivity contribution < 1.29 is 69.8 Å². The number of hydrogen-bond acceptors (Lipinski definition) is 22. The highest BCUT2D eigenvalue weighted by molar-refractivity contribution is 7.92. The number of rotatable bonds is 20. The second kappa shape index (κ2) is 21.2. The van der Waals surface area contributed by atoms with E-state index in [1.807, 2.05) is 13.8 Å². The second-order valence-electron chi connectivity index (χ2n) is 14.8. The number of hydrogen-bond donors (Lipinski definition) is 7. The molecule has 9 N–H and O–H groups in total. The maximum absolute atomic E-state index is 13.3. The number of nitrogen functional groups attached to an aromatic ring is 2. The molecule has 6 aromatic carbocycles. The van der Waals surface area contributed by atoms with Gasteiger partial charge >= 0.3 is 10.4 Å². The van der Waals surface area contributed by atoms with E-state index < -0.39 is 106 Å². The number of benzene rings is 6. The van der Waals surface area contributed by atoms with E-state index in [2.05, 4.69) is 44.5 Å². The van der Waals surface area contributed by atoms with E-state index in [0.717, 1.165) is 55.2 Å². The first kappa shape index (κ1) is 54.1. The standard InChI is InChI=1S/C41H42N10O16S5/c1-4-51(5-2)33-22-31(42)32(23-34(33)66-3)47-44-25-6-8-28(9-7-25)50-69(55,56)30-16-12-27(13-17-30)45-48-39-35(70(57,58)59)20-24-21-36(71(60,61)62)40(41(52)37(24)38(39)43)49-46-26-10-14-29(15-11-26)68(53,54)19-18-67-72(63,64)65/h6-17,20-23,50,52H,4-5,18-19,42-43H2,1-3H3,(H,57,58,59)(H,60,61,62)(H,63,64,65). The predicted molar refractivity (Wildman–Crippen MR) is 263 cm³/mol. The van der Waals surface area contributed by atoms with Crippen molar-refractivity contribution >= 4 is 118 Å². The first-order chi connectivity index (χ1) is 33.6. The number of nitrogens with zero attached hydrogens (tertiary/aromatic N) is 7. The van der Waals surface area contributed by atoms with Crippen LogP contribution in [0.3, 0.4) is 0 Å². The van der Waals surface area contributed by atoms with Gasteiger partial charge in [0, 0.05) is 24.8 Å². The highest BCUT2D eigenvalue weighted by Crippen LogP contribution is 2.48. The van der Waals surface area contributed by atoms with E-state index in [9.17, 15) is 56.3 Å². The van der Waals surface area contributed by atoms with Crippen molar-refractivity contribution in [1.82, 2.24) is 0 Å². The summed E-state index contributed by atoms with van der Waals surface area (Å²) in [6, 6.07) is 19.5. The number of sulfone groups is 1. The molecule has 0 spiro atoms. The van der Waals surface area contributed by atoms with Crippen molar-refractivity contribution in [3.8, 4) is 11.5 Å². The summed E-state index contributed by atoms with van der Waals surface area (Å²) in [6.45, 7) is 4.56. The molecule has 0 atom stereocenters. The highest BCUT2D eigenvalue weighted by Gasteiger charge is 2.28. The lowest BCUT2D eigenvalue weighted by Gasteiger charge is -2.24. The lowest BCUT2D eigenvalue weighted by molar-refractivity contribution is 0.284. The van der Waals surface area contributed by atoms with Crippen molar-refractivity contribution in [3.63, 3.8) is 0 Å². The van der Waals surface area contributed by atoms with Gasteiger partial charge in [-0.05, 0) is 110 Å². The summed E-state index contributed by atoms with van der Waals surface area (Å²) in [5.41, 5.74) is 12.0. The summed E-state index contributed by atoms with van der Waals surface area (Å²) in [4.78, 5) is -0.667. The predicted octanol–water partition coefficient (Wildman–Crippen LogP) is 7.70. The quantitative estimate of drug-likeness (QED) is 0.0219. The van der Waals surface area contributed by atoms with E-state index in [0.29, 0.717) is 34.9 Å². The summed E-state index contributed by atoms with van der Waals surface area (Å²) >= 11 is 0. The number of anilines is 4. The Balaban J connectivity index is 1.24. The first-order valence-electron chi connectivity index (χ1n) is 20.4. The number of phenols is 1. The van der Waals surface area contributed by atoms with Crippen LogP contribution in [0.4, 0.5) is 56.9 Å². The molecule has 0 heterocycles. The normalized spacial score (nSPS) is 12.9. The zero-order valence-corrected chi connectivity index (χ0v) is 41.7. The summed E-state index contributed by atoms with van der Waals surface area (Å²) < 4.78 is 164. The minimum absolute atomic E-state index is 0.0731. The third kappa shape index (κ3) is 12.8. The van der Waals surface area contributed by atoms with E-state index in [1.165, 1.54) is 43.5 Å². The summed E-state index contributed by atoms with van der Waals surface area (Å²) in [7, 11) is -22.3. The molecule has 0 unspecified atom stereocenters. The molecule has 0 saturated heterocycles. The van der Waals surface area contributed by atoms with Crippen molar-refractivity contribution in [2.75, 3.05) is 53.6 Å². The molecule has 0 fully saturated rings. The Morgan fingerprint density at radius 3 is 1.61 bits per heavy atom. The first-order valence-corrected chi connectivity index (χ1v) is 27.8. The van der Waals surface area contributed by atoms with Gasteiger partial charge in [0.1, 0.15) is 32.6 Å². The number of sulfonamides is 1. The maximum Gasteiger partial charge on any atom is 0.397 e. The Kier molecular flexibility index (Phi) is 16.0.